The van der Waals surface area contributed by atoms with Crippen molar-refractivity contribution in [2.45, 2.75) is 12.8 Å². The third-order valence-electron chi connectivity index (χ3n) is 3.34. The van der Waals surface area contributed by atoms with Gasteiger partial charge in [-0.2, -0.15) is 12.7 Å². The molecule has 1 aliphatic rings. The van der Waals surface area contributed by atoms with E-state index < -0.39 is 16.0 Å². The number of halogens is 2. The molecule has 2 N–H and O–H groups in total. The number of nitrogens with zero attached hydrogens (tertiary/aromatic N) is 1. The lowest BCUT2D eigenvalue weighted by atomic mass is 10.00. The number of benzene rings is 1. The molecule has 20 heavy (non-hydrogen) atoms. The van der Waals surface area contributed by atoms with Gasteiger partial charge in [0.05, 0.1) is 5.69 Å². The Bertz CT molecular complexity index is 574. The standard InChI is InChI=1S/C12H16BrFN2O3S/c13-11-7-10(14)1-2-12(11)15-20(18,19)16-5-3-9(8-17)4-6-16/h1-2,7,9,15,17H,3-6,8H2. The van der Waals surface area contributed by atoms with Gasteiger partial charge in [0, 0.05) is 24.2 Å². The highest BCUT2D eigenvalue weighted by Crippen LogP contribution is 2.26. The van der Waals surface area contributed by atoms with Crippen LogP contribution in [0.3, 0.4) is 0 Å². The summed E-state index contributed by atoms with van der Waals surface area (Å²) >= 11 is 3.13. The number of piperidine rings is 1. The summed E-state index contributed by atoms with van der Waals surface area (Å²) in [4.78, 5) is 0. The SMILES string of the molecule is O=S(=O)(Nc1ccc(F)cc1Br)N1CCC(CO)CC1. The van der Waals surface area contributed by atoms with Gasteiger partial charge in [-0.1, -0.05) is 0 Å². The van der Waals surface area contributed by atoms with Gasteiger partial charge in [-0.25, -0.2) is 4.39 Å². The van der Waals surface area contributed by atoms with Crippen molar-refractivity contribution in [3.05, 3.63) is 28.5 Å². The molecular formula is C12H16BrFN2O3S. The monoisotopic (exact) mass is 366 g/mol. The van der Waals surface area contributed by atoms with E-state index in [1.54, 1.807) is 0 Å². The van der Waals surface area contributed by atoms with Crippen molar-refractivity contribution >= 4 is 31.8 Å². The first kappa shape index (κ1) is 15.7. The zero-order chi connectivity index (χ0) is 14.8. The zero-order valence-electron chi connectivity index (χ0n) is 10.7. The summed E-state index contributed by atoms with van der Waals surface area (Å²) in [6.45, 7) is 0.837. The summed E-state index contributed by atoms with van der Waals surface area (Å²) in [6, 6.07) is 3.77. The number of anilines is 1. The summed E-state index contributed by atoms with van der Waals surface area (Å²) in [5, 5.41) is 9.05. The first-order valence-corrected chi connectivity index (χ1v) is 8.49. The summed E-state index contributed by atoms with van der Waals surface area (Å²) < 4.78 is 41.6. The van der Waals surface area contributed by atoms with E-state index in [2.05, 4.69) is 20.7 Å². The van der Waals surface area contributed by atoms with Crippen LogP contribution in [0.1, 0.15) is 12.8 Å². The van der Waals surface area contributed by atoms with E-state index in [-0.39, 0.29) is 12.5 Å². The van der Waals surface area contributed by atoms with E-state index in [0.29, 0.717) is 36.1 Å². The van der Waals surface area contributed by atoms with Gasteiger partial charge in [-0.15, -0.1) is 0 Å². The third kappa shape index (κ3) is 3.69. The molecule has 0 amide bonds. The Hall–Kier alpha value is -0.700. The Morgan fingerprint density at radius 1 is 1.40 bits per heavy atom. The number of hydrogen-bond acceptors (Lipinski definition) is 3. The minimum atomic E-state index is -3.65. The second kappa shape index (κ2) is 6.38. The maximum atomic E-state index is 13.0. The van der Waals surface area contributed by atoms with Crippen LogP contribution < -0.4 is 4.72 Å². The molecule has 0 bridgehead atoms. The molecule has 0 unspecified atom stereocenters. The maximum Gasteiger partial charge on any atom is 0.301 e. The first-order chi connectivity index (χ1) is 9.42. The molecule has 1 aliphatic heterocycles. The van der Waals surface area contributed by atoms with E-state index in [1.807, 2.05) is 0 Å². The van der Waals surface area contributed by atoms with Crippen molar-refractivity contribution in [3.63, 3.8) is 0 Å². The Kier molecular flexibility index (Phi) is 5.00. The van der Waals surface area contributed by atoms with Crippen LogP contribution in [0, 0.1) is 11.7 Å². The minimum Gasteiger partial charge on any atom is -0.396 e. The summed E-state index contributed by atoms with van der Waals surface area (Å²) in [7, 11) is -3.65. The molecule has 1 aromatic rings. The minimum absolute atomic E-state index is 0.0881. The van der Waals surface area contributed by atoms with Crippen LogP contribution in [0.4, 0.5) is 10.1 Å². The van der Waals surface area contributed by atoms with Gasteiger partial charge in [0.1, 0.15) is 5.82 Å². The smallest absolute Gasteiger partial charge is 0.301 e. The average Bonchev–Trinajstić information content (AvgIpc) is 2.42. The molecule has 1 fully saturated rings. The lowest BCUT2D eigenvalue weighted by molar-refractivity contribution is 0.170. The summed E-state index contributed by atoms with van der Waals surface area (Å²) in [6.07, 6.45) is 1.28. The molecule has 5 nitrogen and oxygen atoms in total. The molecule has 1 heterocycles. The largest absolute Gasteiger partial charge is 0.396 e. The van der Waals surface area contributed by atoms with E-state index in [0.717, 1.165) is 0 Å². The molecule has 1 aromatic carbocycles. The van der Waals surface area contributed by atoms with Crippen LogP contribution in [0.25, 0.3) is 0 Å². The summed E-state index contributed by atoms with van der Waals surface area (Å²) in [5.41, 5.74) is 0.302. The van der Waals surface area contributed by atoms with Crippen molar-refractivity contribution < 1.29 is 17.9 Å². The number of aliphatic hydroxyl groups is 1. The van der Waals surface area contributed by atoms with Gasteiger partial charge in [0.25, 0.3) is 0 Å². The highest BCUT2D eigenvalue weighted by molar-refractivity contribution is 9.10. The quantitative estimate of drug-likeness (QED) is 0.855. The van der Waals surface area contributed by atoms with Crippen molar-refractivity contribution in [2.75, 3.05) is 24.4 Å². The van der Waals surface area contributed by atoms with Crippen LogP contribution in [0.2, 0.25) is 0 Å². The Labute approximate surface area is 126 Å². The topological polar surface area (TPSA) is 69.6 Å². The van der Waals surface area contributed by atoms with Gasteiger partial charge in [-0.05, 0) is 52.9 Å². The fourth-order valence-corrected chi connectivity index (χ4v) is 3.97. The highest BCUT2D eigenvalue weighted by atomic mass is 79.9. The normalized spacial score (nSPS) is 18.1. The van der Waals surface area contributed by atoms with E-state index in [4.69, 9.17) is 5.11 Å². The van der Waals surface area contributed by atoms with Gasteiger partial charge in [0.2, 0.25) is 0 Å². The Morgan fingerprint density at radius 2 is 2.05 bits per heavy atom. The summed E-state index contributed by atoms with van der Waals surface area (Å²) in [5.74, 6) is -0.275. The fourth-order valence-electron chi connectivity index (χ4n) is 2.11. The van der Waals surface area contributed by atoms with Crippen molar-refractivity contribution in [1.82, 2.24) is 4.31 Å². The van der Waals surface area contributed by atoms with Crippen molar-refractivity contribution in [3.8, 4) is 0 Å². The molecule has 0 saturated carbocycles. The zero-order valence-corrected chi connectivity index (χ0v) is 13.1. The molecule has 0 atom stereocenters. The molecule has 0 aromatic heterocycles. The van der Waals surface area contributed by atoms with E-state index in [1.165, 1.54) is 22.5 Å². The van der Waals surface area contributed by atoms with Gasteiger partial charge < -0.3 is 5.11 Å². The van der Waals surface area contributed by atoms with Crippen LogP contribution >= 0.6 is 15.9 Å². The van der Waals surface area contributed by atoms with Gasteiger partial charge in [-0.3, -0.25) is 4.72 Å². The maximum absolute atomic E-state index is 13.0. The second-order valence-corrected chi connectivity index (χ2v) is 7.28. The molecule has 2 rings (SSSR count). The molecule has 0 spiro atoms. The number of nitrogens with one attached hydrogen (secondary N) is 1. The predicted molar refractivity (Wildman–Crippen MR) is 78.0 cm³/mol. The number of hydrogen-bond donors (Lipinski definition) is 2. The Balaban J connectivity index is 2.08. The first-order valence-electron chi connectivity index (χ1n) is 6.26. The lowest BCUT2D eigenvalue weighted by Gasteiger charge is -2.30. The predicted octanol–water partition coefficient (Wildman–Crippen LogP) is 1.95. The van der Waals surface area contributed by atoms with Gasteiger partial charge in [0.15, 0.2) is 0 Å². The van der Waals surface area contributed by atoms with Crippen LogP contribution in [0.5, 0.6) is 0 Å². The van der Waals surface area contributed by atoms with Crippen molar-refractivity contribution in [2.24, 2.45) is 5.92 Å². The molecule has 8 heteroatoms. The number of aliphatic hydroxyl groups excluding tert-OH is 1. The average molecular weight is 367 g/mol. The highest BCUT2D eigenvalue weighted by Gasteiger charge is 2.28. The molecule has 112 valence electrons. The van der Waals surface area contributed by atoms with Crippen LogP contribution in [0.15, 0.2) is 22.7 Å². The van der Waals surface area contributed by atoms with E-state index in [9.17, 15) is 12.8 Å². The van der Waals surface area contributed by atoms with E-state index >= 15 is 0 Å². The van der Waals surface area contributed by atoms with Crippen LogP contribution in [-0.2, 0) is 10.2 Å². The van der Waals surface area contributed by atoms with Crippen LogP contribution in [-0.4, -0.2) is 37.5 Å². The van der Waals surface area contributed by atoms with Gasteiger partial charge >= 0.3 is 10.2 Å². The molecule has 0 radical (unpaired) electrons. The second-order valence-electron chi connectivity index (χ2n) is 4.76. The fraction of sp³-hybridized carbons (Fsp3) is 0.500. The van der Waals surface area contributed by atoms with Crippen molar-refractivity contribution in [1.29, 1.82) is 0 Å². The Morgan fingerprint density at radius 3 is 2.60 bits per heavy atom. The lowest BCUT2D eigenvalue weighted by Crippen LogP contribution is -2.42. The molecular weight excluding hydrogens is 351 g/mol. The number of rotatable bonds is 4. The molecule has 0 aliphatic carbocycles. The molecule has 1 saturated heterocycles. The third-order valence-corrected chi connectivity index (χ3v) is 5.52.